The molecule has 0 fully saturated rings. The minimum absolute atomic E-state index is 0.0802. The van der Waals surface area contributed by atoms with Gasteiger partial charge in [-0.15, -0.1) is 0 Å². The van der Waals surface area contributed by atoms with Crippen molar-refractivity contribution in [3.05, 3.63) is 70.3 Å². The van der Waals surface area contributed by atoms with E-state index in [2.05, 4.69) is 41.3 Å². The number of nitrogens with zero attached hydrogens (tertiary/aromatic N) is 2. The van der Waals surface area contributed by atoms with Crippen LogP contribution in [0.2, 0.25) is 0 Å². The smallest absolute Gasteiger partial charge is 0.394 e. The van der Waals surface area contributed by atoms with Crippen molar-refractivity contribution in [2.45, 2.75) is 37.0 Å². The molecule has 0 spiro atoms. The first-order valence-corrected chi connectivity index (χ1v) is 12.7. The molecule has 0 unspecified atom stereocenters. The Balaban J connectivity index is 1.74. The van der Waals surface area contributed by atoms with Gasteiger partial charge in [0.1, 0.15) is 5.82 Å². The zero-order valence-electron chi connectivity index (χ0n) is 18.5. The first kappa shape index (κ1) is 26.9. The standard InChI is InChI=1S/C22H23BrF3N5O3S/c1-2-16(13-32)29-20-19(23)12-27-21(31-20)30-17-7-4-8-18(10-17)35(33,34)28-11-14-5-3-6-15(9-14)22(24,25)26/h3-10,12,16,28,32H,2,11,13H2,1H3,(H2,27,29,30,31)/t16-/m1/s1. The molecule has 0 bridgehead atoms. The summed E-state index contributed by atoms with van der Waals surface area (Å²) >= 11 is 3.35. The van der Waals surface area contributed by atoms with Gasteiger partial charge < -0.3 is 15.7 Å². The van der Waals surface area contributed by atoms with Gasteiger partial charge in [-0.05, 0) is 52.2 Å². The fourth-order valence-electron chi connectivity index (χ4n) is 2.99. The normalized spacial score (nSPS) is 12.9. The van der Waals surface area contributed by atoms with Gasteiger partial charge in [0.15, 0.2) is 0 Å². The maximum absolute atomic E-state index is 12.9. The summed E-state index contributed by atoms with van der Waals surface area (Å²) in [6.07, 6.45) is -2.34. The van der Waals surface area contributed by atoms with Crippen LogP contribution in [0.25, 0.3) is 0 Å². The van der Waals surface area contributed by atoms with Crippen LogP contribution in [0.5, 0.6) is 0 Å². The minimum atomic E-state index is -4.52. The third-order valence-corrected chi connectivity index (χ3v) is 6.90. The van der Waals surface area contributed by atoms with Crippen molar-refractivity contribution in [1.82, 2.24) is 14.7 Å². The lowest BCUT2D eigenvalue weighted by molar-refractivity contribution is -0.137. The van der Waals surface area contributed by atoms with E-state index in [-0.39, 0.29) is 35.6 Å². The number of rotatable bonds is 10. The van der Waals surface area contributed by atoms with Crippen LogP contribution in [0.15, 0.2) is 64.1 Å². The second kappa shape index (κ2) is 11.3. The van der Waals surface area contributed by atoms with E-state index in [1.807, 2.05) is 6.92 Å². The number of sulfonamides is 1. The van der Waals surface area contributed by atoms with E-state index < -0.39 is 21.8 Å². The summed E-state index contributed by atoms with van der Waals surface area (Å²) in [4.78, 5) is 8.42. The summed E-state index contributed by atoms with van der Waals surface area (Å²) in [5.41, 5.74) is -0.295. The van der Waals surface area contributed by atoms with E-state index in [1.165, 1.54) is 36.5 Å². The Kier molecular flexibility index (Phi) is 8.70. The number of halogens is 4. The molecular weight excluding hydrogens is 551 g/mol. The quantitative estimate of drug-likeness (QED) is 0.278. The summed E-state index contributed by atoms with van der Waals surface area (Å²) in [5.74, 6) is 0.643. The molecule has 0 radical (unpaired) electrons. The monoisotopic (exact) mass is 573 g/mol. The zero-order valence-corrected chi connectivity index (χ0v) is 20.9. The van der Waals surface area contributed by atoms with E-state index in [4.69, 9.17) is 0 Å². The molecule has 1 aromatic heterocycles. The predicted molar refractivity (Wildman–Crippen MR) is 130 cm³/mol. The first-order chi connectivity index (χ1) is 16.5. The molecule has 0 aliphatic rings. The summed E-state index contributed by atoms with van der Waals surface area (Å²) in [6, 6.07) is 10.1. The second-order valence-electron chi connectivity index (χ2n) is 7.50. The summed E-state index contributed by atoms with van der Waals surface area (Å²) < 4.78 is 67.1. The van der Waals surface area contributed by atoms with Gasteiger partial charge in [-0.2, -0.15) is 18.2 Å². The molecule has 0 saturated heterocycles. The molecule has 2 aromatic carbocycles. The van der Waals surface area contributed by atoms with Gasteiger partial charge in [0.25, 0.3) is 0 Å². The van der Waals surface area contributed by atoms with Crippen molar-refractivity contribution in [3.63, 3.8) is 0 Å². The van der Waals surface area contributed by atoms with Gasteiger partial charge in [0.2, 0.25) is 16.0 Å². The molecule has 0 saturated carbocycles. The van der Waals surface area contributed by atoms with Crippen LogP contribution < -0.4 is 15.4 Å². The Hall–Kier alpha value is -2.74. The zero-order chi connectivity index (χ0) is 25.6. The first-order valence-electron chi connectivity index (χ1n) is 10.4. The Morgan fingerprint density at radius 3 is 2.57 bits per heavy atom. The maximum atomic E-state index is 12.9. The fourth-order valence-corrected chi connectivity index (χ4v) is 4.36. The van der Waals surface area contributed by atoms with Crippen molar-refractivity contribution >= 4 is 43.4 Å². The number of aromatic nitrogens is 2. The third-order valence-electron chi connectivity index (χ3n) is 4.92. The SMILES string of the molecule is CC[C@H](CO)Nc1nc(Nc2cccc(S(=O)(=O)NCc3cccc(C(F)(F)F)c3)c2)ncc1Br. The van der Waals surface area contributed by atoms with Crippen molar-refractivity contribution < 1.29 is 26.7 Å². The number of alkyl halides is 3. The van der Waals surface area contributed by atoms with Crippen molar-refractivity contribution in [2.24, 2.45) is 0 Å². The lowest BCUT2D eigenvalue weighted by Gasteiger charge is -2.16. The molecule has 1 heterocycles. The number of aliphatic hydroxyl groups is 1. The number of aliphatic hydroxyl groups excluding tert-OH is 1. The Morgan fingerprint density at radius 2 is 1.89 bits per heavy atom. The highest BCUT2D eigenvalue weighted by molar-refractivity contribution is 9.10. The van der Waals surface area contributed by atoms with Crippen LogP contribution in [-0.4, -0.2) is 36.1 Å². The molecule has 13 heteroatoms. The second-order valence-corrected chi connectivity index (χ2v) is 10.1. The predicted octanol–water partition coefficient (Wildman–Crippen LogP) is 4.66. The number of nitrogens with one attached hydrogen (secondary N) is 3. The van der Waals surface area contributed by atoms with E-state index in [9.17, 15) is 26.7 Å². The van der Waals surface area contributed by atoms with E-state index in [0.717, 1.165) is 12.1 Å². The number of hydrogen-bond donors (Lipinski definition) is 4. The summed E-state index contributed by atoms with van der Waals surface area (Å²) in [6.45, 7) is 1.52. The molecular formula is C22H23BrF3N5O3S. The average molecular weight is 574 g/mol. The summed E-state index contributed by atoms with van der Waals surface area (Å²) in [7, 11) is -4.02. The average Bonchev–Trinajstić information content (AvgIpc) is 2.83. The lowest BCUT2D eigenvalue weighted by atomic mass is 10.1. The highest BCUT2D eigenvalue weighted by Crippen LogP contribution is 2.29. The number of hydrogen-bond acceptors (Lipinski definition) is 7. The van der Waals surface area contributed by atoms with Crippen LogP contribution in [0, 0.1) is 0 Å². The van der Waals surface area contributed by atoms with Crippen molar-refractivity contribution in [1.29, 1.82) is 0 Å². The highest BCUT2D eigenvalue weighted by Gasteiger charge is 2.30. The summed E-state index contributed by atoms with van der Waals surface area (Å²) in [5, 5.41) is 15.4. The molecule has 35 heavy (non-hydrogen) atoms. The van der Waals surface area contributed by atoms with Gasteiger partial charge in [-0.25, -0.2) is 18.1 Å². The van der Waals surface area contributed by atoms with Crippen LogP contribution in [-0.2, 0) is 22.7 Å². The van der Waals surface area contributed by atoms with Crippen molar-refractivity contribution in [3.8, 4) is 0 Å². The minimum Gasteiger partial charge on any atom is -0.394 e. The molecule has 1 atom stereocenters. The molecule has 0 aliphatic carbocycles. The topological polar surface area (TPSA) is 116 Å². The van der Waals surface area contributed by atoms with Crippen LogP contribution in [0.1, 0.15) is 24.5 Å². The van der Waals surface area contributed by atoms with Crippen LogP contribution in [0.4, 0.5) is 30.6 Å². The molecule has 3 aromatic rings. The van der Waals surface area contributed by atoms with Gasteiger partial charge in [0, 0.05) is 18.4 Å². The lowest BCUT2D eigenvalue weighted by Crippen LogP contribution is -2.24. The molecule has 4 N–H and O–H groups in total. The van der Waals surface area contributed by atoms with Crippen LogP contribution in [0.3, 0.4) is 0 Å². The van der Waals surface area contributed by atoms with Crippen molar-refractivity contribution in [2.75, 3.05) is 17.2 Å². The van der Waals surface area contributed by atoms with E-state index in [1.54, 1.807) is 6.07 Å². The van der Waals surface area contributed by atoms with E-state index >= 15 is 0 Å². The molecule has 0 amide bonds. The maximum Gasteiger partial charge on any atom is 0.416 e. The van der Waals surface area contributed by atoms with Gasteiger partial charge in [0.05, 0.1) is 27.6 Å². The molecule has 188 valence electrons. The molecule has 3 rings (SSSR count). The Morgan fingerprint density at radius 1 is 1.14 bits per heavy atom. The van der Waals surface area contributed by atoms with Gasteiger partial charge >= 0.3 is 6.18 Å². The van der Waals surface area contributed by atoms with E-state index in [0.29, 0.717) is 22.4 Å². The van der Waals surface area contributed by atoms with Crippen LogP contribution >= 0.6 is 15.9 Å². The Labute approximate surface area is 209 Å². The van der Waals surface area contributed by atoms with Gasteiger partial charge in [-0.1, -0.05) is 31.2 Å². The molecule has 8 nitrogen and oxygen atoms in total. The number of benzene rings is 2. The Bertz CT molecular complexity index is 1270. The fraction of sp³-hybridized carbons (Fsp3) is 0.273. The van der Waals surface area contributed by atoms with Gasteiger partial charge in [-0.3, -0.25) is 0 Å². The highest BCUT2D eigenvalue weighted by atomic mass is 79.9. The number of anilines is 3. The molecule has 0 aliphatic heterocycles. The largest absolute Gasteiger partial charge is 0.416 e. The third kappa shape index (κ3) is 7.37.